The summed E-state index contributed by atoms with van der Waals surface area (Å²) >= 11 is 5.40. The van der Waals surface area contributed by atoms with Gasteiger partial charge in [-0.3, -0.25) is 0 Å². The Morgan fingerprint density at radius 3 is 2.86 bits per heavy atom. The first kappa shape index (κ1) is 10.7. The fourth-order valence-electron chi connectivity index (χ4n) is 0.796. The van der Waals surface area contributed by atoms with E-state index in [0.717, 1.165) is 6.07 Å². The Balaban J connectivity index is 2.69. The minimum atomic E-state index is -1.07. The quantitative estimate of drug-likeness (QED) is 0.729. The van der Waals surface area contributed by atoms with Gasteiger partial charge in [-0.25, -0.2) is 4.39 Å². The first-order valence-electron chi connectivity index (χ1n) is 3.75. The van der Waals surface area contributed by atoms with Crippen LogP contribution in [0.4, 0.5) is 8.78 Å². The maximum absolute atomic E-state index is 12.9. The van der Waals surface area contributed by atoms with E-state index in [9.17, 15) is 8.78 Å². The van der Waals surface area contributed by atoms with Gasteiger partial charge in [-0.1, -0.05) is 6.07 Å². The fraction of sp³-hybridized carbons (Fsp3) is 0.222. The number of rotatable bonds is 3. The lowest BCUT2D eigenvalue weighted by molar-refractivity contribution is 0.305. The zero-order valence-corrected chi connectivity index (χ0v) is 7.76. The van der Waals surface area contributed by atoms with Gasteiger partial charge in [-0.2, -0.15) is 9.65 Å². The average Bonchev–Trinajstić information content (AvgIpc) is 2.20. The molecule has 1 unspecified atom stereocenters. The molecule has 0 aliphatic heterocycles. The van der Waals surface area contributed by atoms with E-state index in [4.69, 9.17) is 21.6 Å². The molecule has 0 radical (unpaired) electrons. The molecule has 1 aromatic carbocycles. The summed E-state index contributed by atoms with van der Waals surface area (Å²) in [4.78, 5) is 0. The molecule has 0 saturated carbocycles. The van der Waals surface area contributed by atoms with Crippen molar-refractivity contribution in [2.45, 2.75) is 5.38 Å². The summed E-state index contributed by atoms with van der Waals surface area (Å²) in [6, 6.07) is 5.24. The molecule has 0 saturated heterocycles. The third kappa shape index (κ3) is 2.57. The molecule has 74 valence electrons. The third-order valence-corrected chi connectivity index (χ3v) is 1.66. The maximum atomic E-state index is 12.9. The molecule has 0 amide bonds. The summed E-state index contributed by atoms with van der Waals surface area (Å²) in [7, 11) is 0. The minimum Gasteiger partial charge on any atom is -0.488 e. The van der Waals surface area contributed by atoms with Crippen molar-refractivity contribution >= 4 is 11.6 Å². The number of benzene rings is 1. The predicted molar refractivity (Wildman–Crippen MR) is 47.1 cm³/mol. The Hall–Kier alpha value is -1.34. The van der Waals surface area contributed by atoms with Crippen LogP contribution < -0.4 is 4.74 Å². The van der Waals surface area contributed by atoms with Crippen molar-refractivity contribution in [2.75, 3.05) is 6.61 Å². The Labute approximate surface area is 84.7 Å². The molecule has 5 heteroatoms. The number of halogens is 3. The van der Waals surface area contributed by atoms with Crippen LogP contribution in [0.15, 0.2) is 18.2 Å². The molecule has 0 heterocycles. The van der Waals surface area contributed by atoms with Gasteiger partial charge in [-0.05, 0) is 12.1 Å². The zero-order chi connectivity index (χ0) is 10.6. The van der Waals surface area contributed by atoms with Gasteiger partial charge in [0.1, 0.15) is 6.61 Å². The van der Waals surface area contributed by atoms with Gasteiger partial charge in [0.05, 0.1) is 6.07 Å². The normalized spacial score (nSPS) is 11.9. The van der Waals surface area contributed by atoms with Crippen molar-refractivity contribution in [1.82, 2.24) is 0 Å². The molecule has 0 spiro atoms. The van der Waals surface area contributed by atoms with Gasteiger partial charge in [0.15, 0.2) is 16.9 Å². The molecule has 14 heavy (non-hydrogen) atoms. The zero-order valence-electron chi connectivity index (χ0n) is 7.01. The van der Waals surface area contributed by atoms with Crippen LogP contribution in [-0.2, 0) is 0 Å². The van der Waals surface area contributed by atoms with E-state index in [1.54, 1.807) is 6.07 Å². The monoisotopic (exact) mass is 217 g/mol. The van der Waals surface area contributed by atoms with Crippen molar-refractivity contribution in [2.24, 2.45) is 0 Å². The standard InChI is InChI=1S/C9H6ClF2NO/c10-6(4-13)5-14-8-3-1-2-7(11)9(8)12/h1-3,6H,5H2. The van der Waals surface area contributed by atoms with Gasteiger partial charge >= 0.3 is 0 Å². The molecule has 1 rings (SSSR count). The molecular formula is C9H6ClF2NO. The average molecular weight is 218 g/mol. The minimum absolute atomic E-state index is 0.182. The summed E-state index contributed by atoms with van der Waals surface area (Å²) in [5.74, 6) is -2.31. The second-order valence-corrected chi connectivity index (χ2v) is 2.99. The Bertz CT molecular complexity index is 364. The molecular weight excluding hydrogens is 212 g/mol. The second-order valence-electron chi connectivity index (χ2n) is 2.46. The highest BCUT2D eigenvalue weighted by molar-refractivity contribution is 6.22. The summed E-state index contributed by atoms with van der Waals surface area (Å²) in [6.45, 7) is -0.182. The Kier molecular flexibility index (Phi) is 3.66. The van der Waals surface area contributed by atoms with Crippen molar-refractivity contribution in [3.05, 3.63) is 29.8 Å². The number of nitriles is 1. The number of alkyl halides is 1. The molecule has 0 aliphatic rings. The van der Waals surface area contributed by atoms with E-state index in [0.29, 0.717) is 0 Å². The molecule has 0 aromatic heterocycles. The highest BCUT2D eigenvalue weighted by atomic mass is 35.5. The second kappa shape index (κ2) is 4.77. The van der Waals surface area contributed by atoms with Gasteiger partial charge in [0, 0.05) is 0 Å². The van der Waals surface area contributed by atoms with Crippen LogP contribution in [-0.4, -0.2) is 12.0 Å². The Morgan fingerprint density at radius 2 is 2.21 bits per heavy atom. The van der Waals surface area contributed by atoms with Gasteiger partial charge in [0.25, 0.3) is 0 Å². The lowest BCUT2D eigenvalue weighted by atomic mass is 10.3. The van der Waals surface area contributed by atoms with Crippen LogP contribution in [0.3, 0.4) is 0 Å². The Morgan fingerprint density at radius 1 is 1.50 bits per heavy atom. The SMILES string of the molecule is N#CC(Cl)COc1cccc(F)c1F. The molecule has 0 aliphatic carbocycles. The van der Waals surface area contributed by atoms with Gasteiger partial charge < -0.3 is 4.74 Å². The largest absolute Gasteiger partial charge is 0.488 e. The van der Waals surface area contributed by atoms with E-state index < -0.39 is 17.0 Å². The van der Waals surface area contributed by atoms with Gasteiger partial charge in [0.2, 0.25) is 5.82 Å². The van der Waals surface area contributed by atoms with Gasteiger partial charge in [-0.15, -0.1) is 11.6 Å². The smallest absolute Gasteiger partial charge is 0.200 e. The lowest BCUT2D eigenvalue weighted by Gasteiger charge is -2.06. The van der Waals surface area contributed by atoms with Crippen molar-refractivity contribution in [1.29, 1.82) is 5.26 Å². The van der Waals surface area contributed by atoms with Crippen LogP contribution in [0, 0.1) is 23.0 Å². The number of hydrogen-bond acceptors (Lipinski definition) is 2. The topological polar surface area (TPSA) is 33.0 Å². The lowest BCUT2D eigenvalue weighted by Crippen LogP contribution is -2.10. The first-order valence-corrected chi connectivity index (χ1v) is 4.19. The fourth-order valence-corrected chi connectivity index (χ4v) is 0.859. The van der Waals surface area contributed by atoms with E-state index in [1.165, 1.54) is 12.1 Å². The molecule has 1 aromatic rings. The summed E-state index contributed by atoms with van der Waals surface area (Å²) in [6.07, 6.45) is 0. The summed E-state index contributed by atoms with van der Waals surface area (Å²) < 4.78 is 30.4. The van der Waals surface area contributed by atoms with E-state index in [2.05, 4.69) is 0 Å². The molecule has 2 nitrogen and oxygen atoms in total. The van der Waals surface area contributed by atoms with E-state index in [-0.39, 0.29) is 12.4 Å². The van der Waals surface area contributed by atoms with Crippen LogP contribution in [0.5, 0.6) is 5.75 Å². The van der Waals surface area contributed by atoms with Crippen LogP contribution in [0.2, 0.25) is 0 Å². The summed E-state index contributed by atoms with van der Waals surface area (Å²) in [5.41, 5.74) is 0. The van der Waals surface area contributed by atoms with E-state index >= 15 is 0 Å². The van der Waals surface area contributed by atoms with Crippen molar-refractivity contribution in [3.63, 3.8) is 0 Å². The van der Waals surface area contributed by atoms with Crippen LogP contribution >= 0.6 is 11.6 Å². The highest BCUT2D eigenvalue weighted by Gasteiger charge is 2.10. The molecule has 0 N–H and O–H groups in total. The van der Waals surface area contributed by atoms with E-state index in [1.807, 2.05) is 0 Å². The van der Waals surface area contributed by atoms with Crippen molar-refractivity contribution in [3.8, 4) is 11.8 Å². The van der Waals surface area contributed by atoms with Crippen LogP contribution in [0.25, 0.3) is 0 Å². The maximum Gasteiger partial charge on any atom is 0.200 e. The predicted octanol–water partition coefficient (Wildman–Crippen LogP) is 2.47. The third-order valence-electron chi connectivity index (χ3n) is 1.44. The number of ether oxygens (including phenoxy) is 1. The molecule has 1 atom stereocenters. The summed E-state index contributed by atoms with van der Waals surface area (Å²) in [5, 5.41) is 7.43. The molecule has 0 fully saturated rings. The first-order chi connectivity index (χ1) is 6.65. The number of hydrogen-bond donors (Lipinski definition) is 0. The molecule has 0 bridgehead atoms. The van der Waals surface area contributed by atoms with Crippen molar-refractivity contribution < 1.29 is 13.5 Å². The highest BCUT2D eigenvalue weighted by Crippen LogP contribution is 2.19. The number of nitrogens with zero attached hydrogens (tertiary/aromatic N) is 1. The van der Waals surface area contributed by atoms with Crippen LogP contribution in [0.1, 0.15) is 0 Å².